The topological polar surface area (TPSA) is 71.2 Å². The minimum atomic E-state index is -0.194. The van der Waals surface area contributed by atoms with E-state index in [1.807, 2.05) is 25.9 Å². The van der Waals surface area contributed by atoms with Crippen LogP contribution >= 0.6 is 0 Å². The lowest BCUT2D eigenvalue weighted by Crippen LogP contribution is -2.38. The molecule has 0 aliphatic rings. The predicted octanol–water partition coefficient (Wildman–Crippen LogP) is 0.344. The quantitative estimate of drug-likeness (QED) is 0.771. The van der Waals surface area contributed by atoms with Gasteiger partial charge in [0.05, 0.1) is 0 Å². The Morgan fingerprint density at radius 3 is 2.81 bits per heavy atom. The van der Waals surface area contributed by atoms with E-state index in [0.717, 1.165) is 0 Å². The Kier molecular flexibility index (Phi) is 4.25. The molecular weight excluding hydrogens is 204 g/mol. The fraction of sp³-hybridized carbons (Fsp3) is 0.455. The van der Waals surface area contributed by atoms with Crippen molar-refractivity contribution in [3.05, 3.63) is 23.9 Å². The molecule has 0 fully saturated rings. The molecule has 5 nitrogen and oxygen atoms in total. The smallest absolute Gasteiger partial charge is 0.270 e. The van der Waals surface area contributed by atoms with Crippen LogP contribution in [0.4, 0.5) is 5.82 Å². The molecule has 16 heavy (non-hydrogen) atoms. The second-order valence-corrected chi connectivity index (χ2v) is 3.97. The van der Waals surface area contributed by atoms with Gasteiger partial charge >= 0.3 is 0 Å². The molecule has 1 heterocycles. The summed E-state index contributed by atoms with van der Waals surface area (Å²) in [6.45, 7) is 2.62. The molecule has 0 spiro atoms. The number of nitrogens with two attached hydrogens (primary N) is 1. The van der Waals surface area contributed by atoms with E-state index in [1.54, 1.807) is 18.2 Å². The Morgan fingerprint density at radius 1 is 1.56 bits per heavy atom. The fourth-order valence-corrected chi connectivity index (χ4v) is 1.09. The second-order valence-electron chi connectivity index (χ2n) is 3.97. The Balaban J connectivity index is 2.53. The van der Waals surface area contributed by atoms with E-state index in [4.69, 9.17) is 5.73 Å². The third kappa shape index (κ3) is 3.51. The van der Waals surface area contributed by atoms with Crippen LogP contribution < -0.4 is 11.1 Å². The van der Waals surface area contributed by atoms with Crippen LogP contribution in [-0.2, 0) is 0 Å². The Bertz CT molecular complexity index is 365. The molecule has 1 aromatic rings. The van der Waals surface area contributed by atoms with E-state index in [0.29, 0.717) is 18.1 Å². The summed E-state index contributed by atoms with van der Waals surface area (Å²) in [4.78, 5) is 17.7. The molecule has 5 heteroatoms. The maximum absolute atomic E-state index is 11.7. The van der Waals surface area contributed by atoms with E-state index >= 15 is 0 Å². The molecule has 0 saturated heterocycles. The van der Waals surface area contributed by atoms with Gasteiger partial charge in [0.25, 0.3) is 5.91 Å². The van der Waals surface area contributed by atoms with Gasteiger partial charge in [0.15, 0.2) is 0 Å². The number of rotatable bonds is 4. The molecule has 1 rings (SSSR count). The fourth-order valence-electron chi connectivity index (χ4n) is 1.09. The number of amides is 1. The van der Waals surface area contributed by atoms with Crippen LogP contribution in [0.3, 0.4) is 0 Å². The maximum Gasteiger partial charge on any atom is 0.270 e. The van der Waals surface area contributed by atoms with Gasteiger partial charge in [0.1, 0.15) is 11.5 Å². The van der Waals surface area contributed by atoms with Gasteiger partial charge in [-0.05, 0) is 33.2 Å². The van der Waals surface area contributed by atoms with Crippen LogP contribution in [0, 0.1) is 0 Å². The van der Waals surface area contributed by atoms with Crippen molar-refractivity contribution >= 4 is 11.7 Å². The predicted molar refractivity (Wildman–Crippen MR) is 64.1 cm³/mol. The molecular formula is C11H18N4O. The minimum absolute atomic E-state index is 0.194. The number of hydrogen-bond acceptors (Lipinski definition) is 4. The van der Waals surface area contributed by atoms with Crippen molar-refractivity contribution in [1.82, 2.24) is 15.2 Å². The van der Waals surface area contributed by atoms with Gasteiger partial charge in [0, 0.05) is 12.6 Å². The summed E-state index contributed by atoms with van der Waals surface area (Å²) in [5, 5.41) is 2.81. The summed E-state index contributed by atoms with van der Waals surface area (Å²) in [5.74, 6) is 0.161. The largest absolute Gasteiger partial charge is 0.384 e. The summed E-state index contributed by atoms with van der Waals surface area (Å²) in [6.07, 6.45) is 0. The average Bonchev–Trinajstić information content (AvgIpc) is 2.25. The van der Waals surface area contributed by atoms with E-state index in [2.05, 4.69) is 10.3 Å². The summed E-state index contributed by atoms with van der Waals surface area (Å²) in [7, 11) is 3.94. The highest BCUT2D eigenvalue weighted by Gasteiger charge is 2.10. The Hall–Kier alpha value is -1.62. The van der Waals surface area contributed by atoms with Gasteiger partial charge in [-0.2, -0.15) is 0 Å². The zero-order valence-electron chi connectivity index (χ0n) is 9.90. The lowest BCUT2D eigenvalue weighted by molar-refractivity contribution is 0.0939. The highest BCUT2D eigenvalue weighted by Crippen LogP contribution is 2.00. The van der Waals surface area contributed by atoms with Crippen LogP contribution in [-0.4, -0.2) is 42.5 Å². The van der Waals surface area contributed by atoms with Gasteiger partial charge in [-0.1, -0.05) is 6.07 Å². The molecule has 1 aromatic heterocycles. The van der Waals surface area contributed by atoms with Crippen molar-refractivity contribution in [2.24, 2.45) is 0 Å². The number of likely N-dealkylation sites (N-methyl/N-ethyl adjacent to an activating group) is 1. The number of nitrogens with zero attached hydrogens (tertiary/aromatic N) is 2. The molecule has 1 atom stereocenters. The van der Waals surface area contributed by atoms with Gasteiger partial charge in [-0.3, -0.25) is 4.79 Å². The normalized spacial score (nSPS) is 12.5. The zero-order valence-corrected chi connectivity index (χ0v) is 9.90. The average molecular weight is 222 g/mol. The van der Waals surface area contributed by atoms with Crippen molar-refractivity contribution in [3.8, 4) is 0 Å². The highest BCUT2D eigenvalue weighted by molar-refractivity contribution is 5.92. The molecule has 0 aliphatic heterocycles. The van der Waals surface area contributed by atoms with Crippen molar-refractivity contribution in [3.63, 3.8) is 0 Å². The van der Waals surface area contributed by atoms with Crippen LogP contribution in [0.1, 0.15) is 17.4 Å². The third-order valence-electron chi connectivity index (χ3n) is 2.44. The minimum Gasteiger partial charge on any atom is -0.384 e. The van der Waals surface area contributed by atoms with Crippen LogP contribution in [0.2, 0.25) is 0 Å². The number of carbonyl (C=O) groups is 1. The van der Waals surface area contributed by atoms with E-state index in [9.17, 15) is 4.79 Å². The van der Waals surface area contributed by atoms with Crippen LogP contribution in [0.5, 0.6) is 0 Å². The Morgan fingerprint density at radius 2 is 2.25 bits per heavy atom. The number of nitrogens with one attached hydrogen (secondary N) is 1. The highest BCUT2D eigenvalue weighted by atomic mass is 16.1. The molecule has 0 aliphatic carbocycles. The van der Waals surface area contributed by atoms with Crippen molar-refractivity contribution in [2.45, 2.75) is 13.0 Å². The molecule has 1 unspecified atom stereocenters. The first-order valence-corrected chi connectivity index (χ1v) is 5.18. The van der Waals surface area contributed by atoms with Crippen molar-refractivity contribution < 1.29 is 4.79 Å². The molecule has 1 amide bonds. The summed E-state index contributed by atoms with van der Waals surface area (Å²) >= 11 is 0. The first-order chi connectivity index (χ1) is 7.50. The van der Waals surface area contributed by atoms with Gasteiger partial charge in [-0.25, -0.2) is 4.98 Å². The standard InChI is InChI=1S/C11H18N4O/c1-8(15(2)3)7-13-11(16)9-5-4-6-10(12)14-9/h4-6,8H,7H2,1-3H3,(H2,12,14)(H,13,16). The lowest BCUT2D eigenvalue weighted by Gasteiger charge is -2.19. The first kappa shape index (κ1) is 12.4. The van der Waals surface area contributed by atoms with Gasteiger partial charge in [-0.15, -0.1) is 0 Å². The van der Waals surface area contributed by atoms with Gasteiger partial charge in [0.2, 0.25) is 0 Å². The van der Waals surface area contributed by atoms with Crippen molar-refractivity contribution in [2.75, 3.05) is 26.4 Å². The van der Waals surface area contributed by atoms with E-state index < -0.39 is 0 Å². The molecule has 0 aromatic carbocycles. The number of anilines is 1. The summed E-state index contributed by atoms with van der Waals surface area (Å²) in [5.41, 5.74) is 5.85. The lowest BCUT2D eigenvalue weighted by atomic mass is 10.3. The third-order valence-corrected chi connectivity index (χ3v) is 2.44. The number of pyridine rings is 1. The number of hydrogen-bond donors (Lipinski definition) is 2. The molecule has 0 radical (unpaired) electrons. The molecule has 88 valence electrons. The van der Waals surface area contributed by atoms with Gasteiger partial charge < -0.3 is 16.0 Å². The Labute approximate surface area is 95.7 Å². The van der Waals surface area contributed by atoms with E-state index in [1.165, 1.54) is 0 Å². The number of nitrogen functional groups attached to an aromatic ring is 1. The van der Waals surface area contributed by atoms with Crippen LogP contribution in [0.25, 0.3) is 0 Å². The SMILES string of the molecule is CC(CNC(=O)c1cccc(N)n1)N(C)C. The molecule has 0 saturated carbocycles. The molecule has 0 bridgehead atoms. The number of carbonyl (C=O) groups excluding carboxylic acids is 1. The number of aromatic nitrogens is 1. The van der Waals surface area contributed by atoms with Crippen LogP contribution in [0.15, 0.2) is 18.2 Å². The van der Waals surface area contributed by atoms with E-state index in [-0.39, 0.29) is 11.9 Å². The first-order valence-electron chi connectivity index (χ1n) is 5.18. The summed E-state index contributed by atoms with van der Waals surface area (Å²) in [6, 6.07) is 5.29. The maximum atomic E-state index is 11.7. The summed E-state index contributed by atoms with van der Waals surface area (Å²) < 4.78 is 0. The van der Waals surface area contributed by atoms with Crippen molar-refractivity contribution in [1.29, 1.82) is 0 Å². The second kappa shape index (κ2) is 5.46. The monoisotopic (exact) mass is 222 g/mol. The zero-order chi connectivity index (χ0) is 12.1. The molecule has 3 N–H and O–H groups in total.